The molecule has 5 aliphatic rings. The van der Waals surface area contributed by atoms with Gasteiger partial charge in [-0.3, -0.25) is 0 Å². The van der Waals surface area contributed by atoms with Gasteiger partial charge in [0.2, 0.25) is 0 Å². The van der Waals surface area contributed by atoms with Crippen LogP contribution < -0.4 is 5.11 Å². The van der Waals surface area contributed by atoms with Crippen molar-refractivity contribution in [2.45, 2.75) is 172 Å². The Morgan fingerprint density at radius 3 is 2.36 bits per heavy atom. The lowest BCUT2D eigenvalue weighted by molar-refractivity contribution is -0.338. The zero-order valence-electron chi connectivity index (χ0n) is 30.0. The third kappa shape index (κ3) is 6.67. The maximum atomic E-state index is 11.7. The largest absolute Gasteiger partial charge is 0.550 e. The number of carboxylic acid groups (broad SMARTS) is 1. The van der Waals surface area contributed by atoms with Gasteiger partial charge in [0.25, 0.3) is 0 Å². The second-order valence-electron chi connectivity index (χ2n) is 16.3. The first-order valence-electron chi connectivity index (χ1n) is 18.1. The number of aliphatic hydroxyl groups excluding tert-OH is 2. The van der Waals surface area contributed by atoms with Crippen molar-refractivity contribution in [3.8, 4) is 0 Å². The number of rotatable bonds is 10. The number of hydrogen-bond donors (Lipinski definition) is 3. The van der Waals surface area contributed by atoms with E-state index in [4.69, 9.17) is 28.4 Å². The smallest absolute Gasteiger partial charge is 0.192 e. The van der Waals surface area contributed by atoms with Crippen molar-refractivity contribution in [1.82, 2.24) is 0 Å². The first kappa shape index (κ1) is 37.4. The maximum Gasteiger partial charge on any atom is 0.192 e. The molecule has 5 rings (SSSR count). The molecule has 272 valence electrons. The SMILES string of the molecule is CC[C@@]1([C@@H]2O[C@@H]([C@H]3O[C@@](O)(CO)[C@H](C)C[C@@H]3C)C[C@@H]2C)CC[C@H]([C@]2(C)CC[C@]3(C[C@H](O)[C@@H](C)[C@@H]([C@@H](C)[C@@H](OC)C(C)C(=O)[O-])O3)O2)O1. The van der Waals surface area contributed by atoms with Crippen molar-refractivity contribution >= 4 is 5.97 Å². The number of aliphatic hydroxyl groups is 3. The Morgan fingerprint density at radius 1 is 1.04 bits per heavy atom. The van der Waals surface area contributed by atoms with Crippen molar-refractivity contribution in [3.63, 3.8) is 0 Å². The van der Waals surface area contributed by atoms with Crippen LogP contribution in [-0.4, -0.2) is 101 Å². The lowest BCUT2D eigenvalue weighted by Crippen LogP contribution is -2.57. The van der Waals surface area contributed by atoms with Crippen LogP contribution in [-0.2, 0) is 33.2 Å². The lowest BCUT2D eigenvalue weighted by atomic mass is 9.78. The number of ether oxygens (including phenoxy) is 6. The first-order valence-corrected chi connectivity index (χ1v) is 18.1. The van der Waals surface area contributed by atoms with Crippen molar-refractivity contribution < 1.29 is 53.6 Å². The van der Waals surface area contributed by atoms with Crippen molar-refractivity contribution in [1.29, 1.82) is 0 Å². The topological polar surface area (TPSA) is 156 Å². The predicted molar refractivity (Wildman–Crippen MR) is 170 cm³/mol. The molecule has 47 heavy (non-hydrogen) atoms. The quantitative estimate of drug-likeness (QED) is 0.314. The monoisotopic (exact) mass is 669 g/mol. The number of aliphatic carboxylic acids is 1. The molecule has 0 aliphatic carbocycles. The Balaban J connectivity index is 1.29. The van der Waals surface area contributed by atoms with E-state index in [-0.39, 0.29) is 54.0 Å². The van der Waals surface area contributed by atoms with E-state index in [0.29, 0.717) is 19.3 Å². The van der Waals surface area contributed by atoms with E-state index < -0.39 is 59.6 Å². The number of carbonyl (C=O) groups is 1. The Labute approximate surface area is 281 Å². The average Bonchev–Trinajstić information content (AvgIpc) is 3.73. The summed E-state index contributed by atoms with van der Waals surface area (Å²) in [7, 11) is 1.50. The molecule has 5 heterocycles. The molecular weight excluding hydrogens is 608 g/mol. The molecule has 0 amide bonds. The summed E-state index contributed by atoms with van der Waals surface area (Å²) in [6, 6.07) is 0. The predicted octanol–water partition coefficient (Wildman–Crippen LogP) is 2.94. The van der Waals surface area contributed by atoms with E-state index in [1.807, 2.05) is 20.8 Å². The summed E-state index contributed by atoms with van der Waals surface area (Å²) in [6.07, 6.45) is 2.81. The van der Waals surface area contributed by atoms with Gasteiger partial charge in [-0.2, -0.15) is 0 Å². The van der Waals surface area contributed by atoms with Crippen LogP contribution in [0.4, 0.5) is 0 Å². The van der Waals surface area contributed by atoms with E-state index in [1.165, 1.54) is 7.11 Å². The van der Waals surface area contributed by atoms with Crippen LogP contribution in [0, 0.1) is 35.5 Å². The number of methoxy groups -OCH3 is 1. The summed E-state index contributed by atoms with van der Waals surface area (Å²) in [4.78, 5) is 11.7. The van der Waals surface area contributed by atoms with Crippen LogP contribution in [0.1, 0.15) is 107 Å². The van der Waals surface area contributed by atoms with Gasteiger partial charge in [0.15, 0.2) is 11.6 Å². The molecule has 5 saturated heterocycles. The molecule has 0 saturated carbocycles. The van der Waals surface area contributed by atoms with Crippen LogP contribution >= 0.6 is 0 Å². The highest BCUT2D eigenvalue weighted by atomic mass is 16.7. The molecular formula is C36H61O11-. The summed E-state index contributed by atoms with van der Waals surface area (Å²) in [5.41, 5.74) is -1.16. The van der Waals surface area contributed by atoms with Crippen LogP contribution in [0.3, 0.4) is 0 Å². The fourth-order valence-electron chi connectivity index (χ4n) is 9.91. The molecule has 3 N–H and O–H groups in total. The van der Waals surface area contributed by atoms with E-state index in [2.05, 4.69) is 27.7 Å². The van der Waals surface area contributed by atoms with Crippen LogP contribution in [0.25, 0.3) is 0 Å². The molecule has 5 fully saturated rings. The first-order chi connectivity index (χ1) is 22.0. The molecule has 0 aromatic heterocycles. The van der Waals surface area contributed by atoms with Crippen LogP contribution in [0.2, 0.25) is 0 Å². The van der Waals surface area contributed by atoms with Crippen LogP contribution in [0.5, 0.6) is 0 Å². The molecule has 17 atom stereocenters. The molecule has 11 heteroatoms. The van der Waals surface area contributed by atoms with Crippen molar-refractivity contribution in [2.24, 2.45) is 35.5 Å². The summed E-state index contributed by atoms with van der Waals surface area (Å²) in [5.74, 6) is -4.97. The second-order valence-corrected chi connectivity index (χ2v) is 16.3. The number of carboxylic acids is 1. The van der Waals surface area contributed by atoms with E-state index >= 15 is 0 Å². The Kier molecular flexibility index (Phi) is 10.9. The molecule has 0 radical (unpaired) electrons. The third-order valence-electron chi connectivity index (χ3n) is 13.0. The zero-order chi connectivity index (χ0) is 34.7. The van der Waals surface area contributed by atoms with E-state index in [0.717, 1.165) is 32.1 Å². The fraction of sp³-hybridized carbons (Fsp3) is 0.972. The number of hydrogen-bond acceptors (Lipinski definition) is 11. The molecule has 0 bridgehead atoms. The van der Waals surface area contributed by atoms with Gasteiger partial charge in [-0.1, -0.05) is 48.5 Å². The van der Waals surface area contributed by atoms with E-state index in [1.54, 1.807) is 6.92 Å². The second kappa shape index (κ2) is 13.7. The van der Waals surface area contributed by atoms with E-state index in [9.17, 15) is 25.2 Å². The fourth-order valence-corrected chi connectivity index (χ4v) is 9.91. The summed E-state index contributed by atoms with van der Waals surface area (Å²) >= 11 is 0. The lowest BCUT2D eigenvalue weighted by Gasteiger charge is -2.49. The van der Waals surface area contributed by atoms with Crippen molar-refractivity contribution in [2.75, 3.05) is 13.7 Å². The highest BCUT2D eigenvalue weighted by Gasteiger charge is 2.62. The standard InChI is InChI=1S/C36H62O11/c1-10-34(31-20(3)16-26(43-31)28-19(2)15-21(4)36(41,18-37)46-28)12-11-27(44-34)33(8)13-14-35(47-33)17-25(38)22(5)30(45-35)23(6)29(42-9)24(7)32(39)40/h19-31,37-38,41H,10-18H2,1-9H3,(H,39,40)/p-1/t19-,20-,21+,22+,23-,24?,25-,26+,27+,28-,29+,30-,31+,33-,34-,35+,36-/m0/s1. The van der Waals surface area contributed by atoms with Gasteiger partial charge >= 0.3 is 0 Å². The van der Waals surface area contributed by atoms with Gasteiger partial charge < -0.3 is 53.6 Å². The Bertz CT molecular complexity index is 1110. The highest BCUT2D eigenvalue weighted by molar-refractivity contribution is 5.67. The van der Waals surface area contributed by atoms with Gasteiger partial charge in [-0.05, 0) is 57.3 Å². The number of carbonyl (C=O) groups excluding carboxylic acids is 1. The molecule has 11 nitrogen and oxygen atoms in total. The third-order valence-corrected chi connectivity index (χ3v) is 13.0. The molecule has 1 spiro atoms. The normalized spacial score (nSPS) is 50.9. The average molecular weight is 670 g/mol. The summed E-state index contributed by atoms with van der Waals surface area (Å²) in [6.45, 7) is 15.4. The minimum Gasteiger partial charge on any atom is -0.550 e. The zero-order valence-corrected chi connectivity index (χ0v) is 30.0. The van der Waals surface area contributed by atoms with Gasteiger partial charge in [0.1, 0.15) is 0 Å². The highest BCUT2D eigenvalue weighted by Crippen LogP contribution is 2.55. The minimum atomic E-state index is -1.57. The van der Waals surface area contributed by atoms with Crippen LogP contribution in [0.15, 0.2) is 0 Å². The molecule has 0 aromatic rings. The molecule has 5 aliphatic heterocycles. The summed E-state index contributed by atoms with van der Waals surface area (Å²) < 4.78 is 39.3. The van der Waals surface area contributed by atoms with Gasteiger partial charge in [0, 0.05) is 49.6 Å². The van der Waals surface area contributed by atoms with Crippen molar-refractivity contribution in [3.05, 3.63) is 0 Å². The molecule has 0 aromatic carbocycles. The minimum absolute atomic E-state index is 0.158. The Morgan fingerprint density at radius 2 is 1.74 bits per heavy atom. The van der Waals surface area contributed by atoms with Gasteiger partial charge in [-0.25, -0.2) is 0 Å². The summed E-state index contributed by atoms with van der Waals surface area (Å²) in [5, 5.41) is 43.9. The Hall–Kier alpha value is -0.890. The van der Waals surface area contributed by atoms with Gasteiger partial charge in [-0.15, -0.1) is 0 Å². The maximum absolute atomic E-state index is 11.7. The van der Waals surface area contributed by atoms with Gasteiger partial charge in [0.05, 0.1) is 60.5 Å². The molecule has 1 unspecified atom stereocenters.